The number of aryl methyl sites for hydroxylation is 4. The largest absolute Gasteiger partial charge is 4.00 e. The minimum atomic E-state index is 0. The SMILES string of the molecule is [F-].[F-].[Zr+4].c1ccc(CC[c-]2cccc2)cc1.c1ccc(CC[c-]2cccc2)cc1. The van der Waals surface area contributed by atoms with E-state index in [9.17, 15) is 0 Å². The average Bonchev–Trinajstić information content (AvgIpc) is 3.41. The van der Waals surface area contributed by atoms with Crippen molar-refractivity contribution in [3.05, 3.63) is 131 Å². The smallest absolute Gasteiger partial charge is 1.00 e. The van der Waals surface area contributed by atoms with Crippen molar-refractivity contribution in [2.45, 2.75) is 25.7 Å². The van der Waals surface area contributed by atoms with Crippen LogP contribution in [0.2, 0.25) is 0 Å². The summed E-state index contributed by atoms with van der Waals surface area (Å²) in [6, 6.07) is 38.4. The van der Waals surface area contributed by atoms with Crippen LogP contribution in [-0.2, 0) is 51.9 Å². The van der Waals surface area contributed by atoms with Gasteiger partial charge in [0.05, 0.1) is 0 Å². The van der Waals surface area contributed by atoms with E-state index in [-0.39, 0.29) is 35.6 Å². The summed E-state index contributed by atoms with van der Waals surface area (Å²) in [5.74, 6) is 0. The Bertz CT molecular complexity index is 749. The van der Waals surface area contributed by atoms with Crippen LogP contribution in [0.5, 0.6) is 0 Å². The number of rotatable bonds is 6. The summed E-state index contributed by atoms with van der Waals surface area (Å²) in [4.78, 5) is 0. The Balaban J connectivity index is 0.000000490. The van der Waals surface area contributed by atoms with Crippen molar-refractivity contribution < 1.29 is 35.6 Å². The number of halogens is 2. The van der Waals surface area contributed by atoms with Gasteiger partial charge in [-0.25, -0.2) is 24.3 Å². The first kappa shape index (κ1) is 26.9. The minimum Gasteiger partial charge on any atom is -1.00 e. The summed E-state index contributed by atoms with van der Waals surface area (Å²) in [5, 5.41) is 0. The van der Waals surface area contributed by atoms with Gasteiger partial charge in [-0.15, -0.1) is 0 Å². The number of benzene rings is 2. The van der Waals surface area contributed by atoms with E-state index in [0.717, 1.165) is 25.7 Å². The first-order valence-corrected chi connectivity index (χ1v) is 9.39. The molecule has 148 valence electrons. The third-order valence-corrected chi connectivity index (χ3v) is 4.55. The summed E-state index contributed by atoms with van der Waals surface area (Å²) in [6.07, 6.45) is 4.59. The van der Waals surface area contributed by atoms with Crippen LogP contribution < -0.4 is 9.41 Å². The van der Waals surface area contributed by atoms with Crippen molar-refractivity contribution >= 4 is 0 Å². The molecule has 0 fully saturated rings. The normalized spacial score (nSPS) is 9.10. The third kappa shape index (κ3) is 10.3. The van der Waals surface area contributed by atoms with E-state index >= 15 is 0 Å². The molecule has 0 saturated heterocycles. The Labute approximate surface area is 192 Å². The van der Waals surface area contributed by atoms with Crippen LogP contribution in [0.3, 0.4) is 0 Å². The molecule has 0 amide bonds. The number of hydrogen-bond acceptors (Lipinski definition) is 0. The molecule has 0 aliphatic rings. The second-order valence-corrected chi connectivity index (χ2v) is 6.56. The van der Waals surface area contributed by atoms with E-state index in [1.807, 2.05) is 0 Å². The van der Waals surface area contributed by atoms with Gasteiger partial charge in [-0.2, -0.15) is 35.4 Å². The molecule has 0 spiro atoms. The van der Waals surface area contributed by atoms with Gasteiger partial charge in [-0.3, -0.25) is 0 Å². The van der Waals surface area contributed by atoms with Gasteiger partial charge in [0.1, 0.15) is 0 Å². The van der Waals surface area contributed by atoms with Crippen LogP contribution in [0.25, 0.3) is 0 Å². The van der Waals surface area contributed by atoms with Gasteiger partial charge in [-0.05, 0) is 24.0 Å². The van der Waals surface area contributed by atoms with Gasteiger partial charge >= 0.3 is 26.2 Å². The summed E-state index contributed by atoms with van der Waals surface area (Å²) >= 11 is 0. The van der Waals surface area contributed by atoms with Crippen LogP contribution in [0, 0.1) is 0 Å². The van der Waals surface area contributed by atoms with E-state index in [0.29, 0.717) is 0 Å². The molecule has 4 rings (SSSR count). The Kier molecular flexibility index (Phi) is 14.6. The zero-order chi connectivity index (χ0) is 17.9. The van der Waals surface area contributed by atoms with E-state index < -0.39 is 0 Å². The van der Waals surface area contributed by atoms with Gasteiger partial charge in [0.15, 0.2) is 0 Å². The van der Waals surface area contributed by atoms with Gasteiger partial charge < -0.3 is 9.41 Å². The number of hydrogen-bond donors (Lipinski definition) is 0. The van der Waals surface area contributed by atoms with E-state index in [2.05, 4.69) is 109 Å². The summed E-state index contributed by atoms with van der Waals surface area (Å²) in [5.41, 5.74) is 5.71. The van der Waals surface area contributed by atoms with Crippen LogP contribution in [-0.4, -0.2) is 0 Å². The molecule has 29 heavy (non-hydrogen) atoms. The van der Waals surface area contributed by atoms with Crippen molar-refractivity contribution in [1.82, 2.24) is 0 Å². The molecule has 4 aromatic rings. The summed E-state index contributed by atoms with van der Waals surface area (Å²) in [6.45, 7) is 0. The Morgan fingerprint density at radius 2 is 0.759 bits per heavy atom. The Morgan fingerprint density at radius 1 is 0.448 bits per heavy atom. The topological polar surface area (TPSA) is 0 Å². The maximum absolute atomic E-state index is 2.18. The molecule has 3 heteroatoms. The summed E-state index contributed by atoms with van der Waals surface area (Å²) < 4.78 is 0. The second kappa shape index (κ2) is 15.8. The molecule has 0 aliphatic carbocycles. The molecule has 0 radical (unpaired) electrons. The van der Waals surface area contributed by atoms with Gasteiger partial charge in [0.2, 0.25) is 0 Å². The average molecular weight is 468 g/mol. The van der Waals surface area contributed by atoms with Gasteiger partial charge in [0, 0.05) is 0 Å². The molecule has 0 nitrogen and oxygen atoms in total. The second-order valence-electron chi connectivity index (χ2n) is 6.56. The van der Waals surface area contributed by atoms with Crippen LogP contribution >= 0.6 is 0 Å². The maximum Gasteiger partial charge on any atom is 4.00 e. The van der Waals surface area contributed by atoms with Crippen LogP contribution in [0.1, 0.15) is 22.3 Å². The van der Waals surface area contributed by atoms with Crippen LogP contribution in [0.4, 0.5) is 0 Å². The molecule has 0 aliphatic heterocycles. The van der Waals surface area contributed by atoms with Gasteiger partial charge in [0.25, 0.3) is 0 Å². The predicted molar refractivity (Wildman–Crippen MR) is 112 cm³/mol. The standard InChI is InChI=1S/2C13H13.2FH.Zr/c2*1-2-6-12(7-3-1)10-11-13-8-4-5-9-13;;;/h2*1-9H,10-11H2;2*1H;/q2*-1;;;+4/p-2. The minimum absolute atomic E-state index is 0. The molecule has 0 aromatic heterocycles. The first-order chi connectivity index (χ1) is 12.9. The van der Waals surface area contributed by atoms with E-state index in [1.54, 1.807) is 0 Å². The quantitative estimate of drug-likeness (QED) is 0.360. The molecule has 0 heterocycles. The predicted octanol–water partition coefficient (Wildman–Crippen LogP) is 0.387. The fourth-order valence-corrected chi connectivity index (χ4v) is 3.03. The molecule has 0 saturated carbocycles. The maximum atomic E-state index is 2.18. The molecule has 0 bridgehead atoms. The molecular weight excluding hydrogens is 442 g/mol. The molecule has 0 unspecified atom stereocenters. The summed E-state index contributed by atoms with van der Waals surface area (Å²) in [7, 11) is 0. The fraction of sp³-hybridized carbons (Fsp3) is 0.154. The monoisotopic (exact) mass is 466 g/mol. The molecule has 0 atom stereocenters. The van der Waals surface area contributed by atoms with Crippen molar-refractivity contribution in [3.8, 4) is 0 Å². The van der Waals surface area contributed by atoms with Crippen molar-refractivity contribution in [2.24, 2.45) is 0 Å². The van der Waals surface area contributed by atoms with Crippen molar-refractivity contribution in [3.63, 3.8) is 0 Å². The first-order valence-electron chi connectivity index (χ1n) is 9.39. The molecule has 0 N–H and O–H groups in total. The Hall–Kier alpha value is -2.12. The van der Waals surface area contributed by atoms with E-state index in [4.69, 9.17) is 0 Å². The Morgan fingerprint density at radius 3 is 1.07 bits per heavy atom. The zero-order valence-electron chi connectivity index (χ0n) is 16.5. The molecule has 4 aromatic carbocycles. The molecular formula is C26H26F2Zr. The third-order valence-electron chi connectivity index (χ3n) is 4.55. The fourth-order valence-electron chi connectivity index (χ4n) is 3.03. The van der Waals surface area contributed by atoms with Gasteiger partial charge in [-0.1, -0.05) is 73.5 Å². The zero-order valence-corrected chi connectivity index (χ0v) is 18.9. The van der Waals surface area contributed by atoms with Crippen LogP contribution in [0.15, 0.2) is 109 Å². The van der Waals surface area contributed by atoms with E-state index in [1.165, 1.54) is 22.3 Å². The van der Waals surface area contributed by atoms with Crippen molar-refractivity contribution in [1.29, 1.82) is 0 Å². The van der Waals surface area contributed by atoms with Crippen molar-refractivity contribution in [2.75, 3.05) is 0 Å².